The summed E-state index contributed by atoms with van der Waals surface area (Å²) in [6.45, 7) is 6.00. The van der Waals surface area contributed by atoms with E-state index in [2.05, 4.69) is 10.3 Å². The Hall–Kier alpha value is -1.01. The molecular formula is C11H17ClN2O3S. The van der Waals surface area contributed by atoms with Gasteiger partial charge in [-0.25, -0.2) is 8.42 Å². The molecule has 0 saturated carbocycles. The second kappa shape index (κ2) is 5.75. The number of nitrogens with one attached hydrogen (secondary N) is 2. The first-order chi connectivity index (χ1) is 8.25. The second-order valence-electron chi connectivity index (χ2n) is 4.42. The van der Waals surface area contributed by atoms with Crippen LogP contribution in [0.2, 0.25) is 0 Å². The standard InChI is InChI=1S/C11H17ClN2O3S/c1-4-9(7(2)3)14-11(15)10-5-8(6-13-10)18(12,16)17/h5-7,9,13H,4H2,1-3H3,(H,14,15). The Balaban J connectivity index is 2.83. The Bertz CT molecular complexity index is 522. The van der Waals surface area contributed by atoms with E-state index in [4.69, 9.17) is 10.7 Å². The van der Waals surface area contributed by atoms with Gasteiger partial charge in [0, 0.05) is 22.9 Å². The molecule has 0 saturated heterocycles. The van der Waals surface area contributed by atoms with E-state index in [0.717, 1.165) is 6.42 Å². The van der Waals surface area contributed by atoms with Crippen molar-refractivity contribution in [3.05, 3.63) is 18.0 Å². The predicted molar refractivity (Wildman–Crippen MR) is 70.2 cm³/mol. The van der Waals surface area contributed by atoms with Crippen LogP contribution >= 0.6 is 10.7 Å². The minimum atomic E-state index is -3.80. The smallest absolute Gasteiger partial charge is 0.267 e. The van der Waals surface area contributed by atoms with Crippen LogP contribution in [0.1, 0.15) is 37.7 Å². The highest BCUT2D eigenvalue weighted by molar-refractivity contribution is 8.13. The molecule has 5 nitrogen and oxygen atoms in total. The zero-order valence-electron chi connectivity index (χ0n) is 10.5. The Morgan fingerprint density at radius 1 is 1.50 bits per heavy atom. The van der Waals surface area contributed by atoms with Gasteiger partial charge in [-0.15, -0.1) is 0 Å². The van der Waals surface area contributed by atoms with Crippen LogP contribution in [-0.2, 0) is 9.05 Å². The first kappa shape index (κ1) is 15.0. The van der Waals surface area contributed by atoms with Gasteiger partial charge >= 0.3 is 0 Å². The van der Waals surface area contributed by atoms with Crippen molar-refractivity contribution in [2.45, 2.75) is 38.1 Å². The molecule has 0 aliphatic rings. The molecule has 1 atom stereocenters. The van der Waals surface area contributed by atoms with E-state index >= 15 is 0 Å². The molecular weight excluding hydrogens is 276 g/mol. The van der Waals surface area contributed by atoms with Crippen molar-refractivity contribution in [3.8, 4) is 0 Å². The SMILES string of the molecule is CCC(NC(=O)c1cc(S(=O)(=O)Cl)c[nH]1)C(C)C. The molecule has 7 heteroatoms. The molecule has 0 aromatic carbocycles. The molecule has 2 N–H and O–H groups in total. The maximum Gasteiger partial charge on any atom is 0.267 e. The van der Waals surface area contributed by atoms with Gasteiger partial charge in [-0.3, -0.25) is 4.79 Å². The summed E-state index contributed by atoms with van der Waals surface area (Å²) in [5.74, 6) is -0.0211. The zero-order chi connectivity index (χ0) is 13.9. The minimum Gasteiger partial charge on any atom is -0.356 e. The van der Waals surface area contributed by atoms with E-state index in [1.54, 1.807) is 0 Å². The van der Waals surface area contributed by atoms with Gasteiger partial charge in [0.1, 0.15) is 10.6 Å². The molecule has 1 rings (SSSR count). The summed E-state index contributed by atoms with van der Waals surface area (Å²) in [7, 11) is 1.38. The number of aromatic nitrogens is 1. The van der Waals surface area contributed by atoms with E-state index in [1.807, 2.05) is 20.8 Å². The summed E-state index contributed by atoms with van der Waals surface area (Å²) in [6, 6.07) is 1.28. The molecule has 1 amide bonds. The number of carbonyl (C=O) groups excluding carboxylic acids is 1. The summed E-state index contributed by atoms with van der Waals surface area (Å²) in [6.07, 6.45) is 2.01. The fourth-order valence-electron chi connectivity index (χ4n) is 1.63. The highest BCUT2D eigenvalue weighted by Crippen LogP contribution is 2.16. The molecule has 1 aromatic rings. The number of H-pyrrole nitrogens is 1. The van der Waals surface area contributed by atoms with Crippen molar-refractivity contribution >= 4 is 25.6 Å². The largest absolute Gasteiger partial charge is 0.356 e. The van der Waals surface area contributed by atoms with E-state index < -0.39 is 9.05 Å². The van der Waals surface area contributed by atoms with Crippen LogP contribution in [0, 0.1) is 5.92 Å². The van der Waals surface area contributed by atoms with Crippen LogP contribution in [0.25, 0.3) is 0 Å². The minimum absolute atomic E-state index is 0.0526. The zero-order valence-corrected chi connectivity index (χ0v) is 12.1. The molecule has 1 heterocycles. The van der Waals surface area contributed by atoms with Gasteiger partial charge < -0.3 is 10.3 Å². The number of rotatable bonds is 5. The lowest BCUT2D eigenvalue weighted by Gasteiger charge is -2.20. The normalized spacial score (nSPS) is 13.6. The van der Waals surface area contributed by atoms with Crippen LogP contribution in [-0.4, -0.2) is 25.4 Å². The predicted octanol–water partition coefficient (Wildman–Crippen LogP) is 2.11. The van der Waals surface area contributed by atoms with Gasteiger partial charge in [0.15, 0.2) is 0 Å². The molecule has 0 radical (unpaired) electrons. The van der Waals surface area contributed by atoms with Gasteiger partial charge in [0.25, 0.3) is 15.0 Å². The first-order valence-electron chi connectivity index (χ1n) is 5.69. The average molecular weight is 293 g/mol. The van der Waals surface area contributed by atoms with Crippen LogP contribution in [0.4, 0.5) is 0 Å². The molecule has 1 aromatic heterocycles. The van der Waals surface area contributed by atoms with E-state index in [1.165, 1.54) is 12.3 Å². The van der Waals surface area contributed by atoms with Gasteiger partial charge in [0.05, 0.1) is 0 Å². The third-order valence-corrected chi connectivity index (χ3v) is 4.08. The van der Waals surface area contributed by atoms with Crippen LogP contribution in [0.3, 0.4) is 0 Å². The van der Waals surface area contributed by atoms with E-state index in [-0.39, 0.29) is 22.5 Å². The van der Waals surface area contributed by atoms with Gasteiger partial charge in [0.2, 0.25) is 0 Å². The van der Waals surface area contributed by atoms with Crippen LogP contribution in [0.5, 0.6) is 0 Å². The topological polar surface area (TPSA) is 79.0 Å². The Kier molecular flexibility index (Phi) is 4.81. The van der Waals surface area contributed by atoms with Crippen LogP contribution < -0.4 is 5.32 Å². The lowest BCUT2D eigenvalue weighted by atomic mass is 10.0. The number of hydrogen-bond donors (Lipinski definition) is 2. The summed E-state index contributed by atoms with van der Waals surface area (Å²) in [4.78, 5) is 14.4. The van der Waals surface area contributed by atoms with Gasteiger partial charge in [-0.05, 0) is 18.4 Å². The molecule has 1 unspecified atom stereocenters. The molecule has 102 valence electrons. The lowest BCUT2D eigenvalue weighted by Crippen LogP contribution is -2.38. The Labute approximate surface area is 111 Å². The van der Waals surface area contributed by atoms with Crippen molar-refractivity contribution in [1.29, 1.82) is 0 Å². The molecule has 0 fully saturated rings. The van der Waals surface area contributed by atoms with Crippen molar-refractivity contribution in [2.75, 3.05) is 0 Å². The van der Waals surface area contributed by atoms with Crippen molar-refractivity contribution in [2.24, 2.45) is 5.92 Å². The fraction of sp³-hybridized carbons (Fsp3) is 0.545. The quantitative estimate of drug-likeness (QED) is 0.816. The number of amides is 1. The Morgan fingerprint density at radius 2 is 2.11 bits per heavy atom. The van der Waals surface area contributed by atoms with Crippen molar-refractivity contribution < 1.29 is 13.2 Å². The highest BCUT2D eigenvalue weighted by atomic mass is 35.7. The monoisotopic (exact) mass is 292 g/mol. The van der Waals surface area contributed by atoms with Gasteiger partial charge in [-0.1, -0.05) is 20.8 Å². The maximum absolute atomic E-state index is 11.9. The summed E-state index contributed by atoms with van der Waals surface area (Å²) in [5.41, 5.74) is 0.188. The van der Waals surface area contributed by atoms with Crippen LogP contribution in [0.15, 0.2) is 17.2 Å². The van der Waals surface area contributed by atoms with E-state index in [9.17, 15) is 13.2 Å². The van der Waals surface area contributed by atoms with Crippen molar-refractivity contribution in [3.63, 3.8) is 0 Å². The molecule has 18 heavy (non-hydrogen) atoms. The number of halogens is 1. The third-order valence-electron chi connectivity index (χ3n) is 2.74. The fourth-order valence-corrected chi connectivity index (χ4v) is 2.36. The number of carbonyl (C=O) groups is 1. The third kappa shape index (κ3) is 3.74. The molecule has 0 spiro atoms. The molecule has 0 aliphatic heterocycles. The number of aromatic amines is 1. The number of hydrogen-bond acceptors (Lipinski definition) is 3. The van der Waals surface area contributed by atoms with E-state index in [0.29, 0.717) is 5.92 Å². The summed E-state index contributed by atoms with van der Waals surface area (Å²) >= 11 is 0. The Morgan fingerprint density at radius 3 is 2.50 bits per heavy atom. The average Bonchev–Trinajstić information content (AvgIpc) is 2.73. The maximum atomic E-state index is 11.9. The molecule has 0 aliphatic carbocycles. The van der Waals surface area contributed by atoms with Gasteiger partial charge in [-0.2, -0.15) is 0 Å². The second-order valence-corrected chi connectivity index (χ2v) is 6.99. The summed E-state index contributed by atoms with van der Waals surface area (Å²) < 4.78 is 22.1. The summed E-state index contributed by atoms with van der Waals surface area (Å²) in [5, 5.41) is 2.84. The first-order valence-corrected chi connectivity index (χ1v) is 8.00. The lowest BCUT2D eigenvalue weighted by molar-refractivity contribution is 0.0920. The highest BCUT2D eigenvalue weighted by Gasteiger charge is 2.19. The van der Waals surface area contributed by atoms with Crippen molar-refractivity contribution in [1.82, 2.24) is 10.3 Å². The molecule has 0 bridgehead atoms.